The van der Waals surface area contributed by atoms with E-state index in [4.69, 9.17) is 0 Å². The third-order valence-corrected chi connectivity index (χ3v) is 3.50. The van der Waals surface area contributed by atoms with E-state index in [1.807, 2.05) is 30.3 Å². The van der Waals surface area contributed by atoms with Crippen LogP contribution in [-0.2, 0) is 0 Å². The zero-order chi connectivity index (χ0) is 15.1. The third-order valence-electron chi connectivity index (χ3n) is 3.50. The van der Waals surface area contributed by atoms with E-state index in [9.17, 15) is 9.18 Å². The number of rotatable bonds is 7. The first kappa shape index (κ1) is 15.2. The molecular formula is C18H20FNO. The van der Waals surface area contributed by atoms with Gasteiger partial charge in [0.05, 0.1) is 0 Å². The van der Waals surface area contributed by atoms with E-state index in [1.165, 1.54) is 12.1 Å². The van der Waals surface area contributed by atoms with E-state index in [0.29, 0.717) is 6.42 Å². The van der Waals surface area contributed by atoms with E-state index in [0.717, 1.165) is 30.8 Å². The quantitative estimate of drug-likeness (QED) is 0.706. The molecule has 2 aromatic rings. The number of hydrogen-bond acceptors (Lipinski definition) is 2. The molecular weight excluding hydrogens is 265 g/mol. The summed E-state index contributed by atoms with van der Waals surface area (Å²) in [4.78, 5) is 14.2. The number of halogens is 1. The van der Waals surface area contributed by atoms with Gasteiger partial charge in [0.25, 0.3) is 0 Å². The molecule has 0 saturated heterocycles. The van der Waals surface area contributed by atoms with Crippen molar-refractivity contribution in [3.8, 4) is 0 Å². The third kappa shape index (κ3) is 4.42. The van der Waals surface area contributed by atoms with E-state index in [-0.39, 0.29) is 11.6 Å². The molecule has 0 amide bonds. The number of carbonyl (C=O) groups is 1. The highest BCUT2D eigenvalue weighted by atomic mass is 19.1. The molecule has 0 saturated carbocycles. The fourth-order valence-electron chi connectivity index (χ4n) is 2.32. The molecule has 0 N–H and O–H groups in total. The molecule has 0 aliphatic carbocycles. The van der Waals surface area contributed by atoms with Gasteiger partial charge in [0.15, 0.2) is 5.78 Å². The molecule has 0 fully saturated rings. The zero-order valence-corrected chi connectivity index (χ0v) is 12.3. The Morgan fingerprint density at radius 1 is 1.05 bits per heavy atom. The summed E-state index contributed by atoms with van der Waals surface area (Å²) in [5.74, 6) is -0.0557. The Morgan fingerprint density at radius 2 is 1.71 bits per heavy atom. The lowest BCUT2D eigenvalue weighted by molar-refractivity contribution is 0.0980. The van der Waals surface area contributed by atoms with E-state index >= 15 is 0 Å². The average molecular weight is 285 g/mol. The van der Waals surface area contributed by atoms with Crippen LogP contribution in [-0.4, -0.2) is 18.9 Å². The Kier molecular flexibility index (Phi) is 5.50. The maximum atomic E-state index is 12.9. The van der Waals surface area contributed by atoms with Crippen molar-refractivity contribution in [3.05, 3.63) is 66.0 Å². The fourth-order valence-corrected chi connectivity index (χ4v) is 2.32. The van der Waals surface area contributed by atoms with Crippen LogP contribution in [0.5, 0.6) is 0 Å². The molecule has 0 radical (unpaired) electrons. The van der Waals surface area contributed by atoms with Crippen LogP contribution < -0.4 is 4.90 Å². The summed E-state index contributed by atoms with van der Waals surface area (Å²) in [5.41, 5.74) is 1.76. The van der Waals surface area contributed by atoms with Crippen molar-refractivity contribution in [3.63, 3.8) is 0 Å². The van der Waals surface area contributed by atoms with Gasteiger partial charge in [-0.25, -0.2) is 4.39 Å². The summed E-state index contributed by atoms with van der Waals surface area (Å²) < 4.78 is 12.9. The van der Waals surface area contributed by atoms with Crippen molar-refractivity contribution < 1.29 is 9.18 Å². The van der Waals surface area contributed by atoms with Crippen molar-refractivity contribution in [1.29, 1.82) is 0 Å². The van der Waals surface area contributed by atoms with Crippen molar-refractivity contribution in [2.45, 2.75) is 19.8 Å². The monoisotopic (exact) mass is 285 g/mol. The molecule has 2 aromatic carbocycles. The second-order valence-electron chi connectivity index (χ2n) is 4.95. The number of hydrogen-bond donors (Lipinski definition) is 0. The zero-order valence-electron chi connectivity index (χ0n) is 12.3. The van der Waals surface area contributed by atoms with Gasteiger partial charge in [-0.1, -0.05) is 30.3 Å². The largest absolute Gasteiger partial charge is 0.372 e. The van der Waals surface area contributed by atoms with E-state index in [1.54, 1.807) is 12.1 Å². The number of nitrogens with zero attached hydrogens (tertiary/aromatic N) is 1. The van der Waals surface area contributed by atoms with Crippen LogP contribution in [0.2, 0.25) is 0 Å². The molecule has 21 heavy (non-hydrogen) atoms. The van der Waals surface area contributed by atoms with Gasteiger partial charge in [-0.2, -0.15) is 0 Å². The Morgan fingerprint density at radius 3 is 2.33 bits per heavy atom. The minimum absolute atomic E-state index is 0.172. The number of benzene rings is 2. The minimum atomic E-state index is -0.228. The van der Waals surface area contributed by atoms with Crippen LogP contribution in [0.3, 0.4) is 0 Å². The molecule has 110 valence electrons. The average Bonchev–Trinajstić information content (AvgIpc) is 2.53. The van der Waals surface area contributed by atoms with Crippen molar-refractivity contribution in [2.75, 3.05) is 18.0 Å². The SMILES string of the molecule is CCN(CCCC(=O)c1ccccc1)c1ccc(F)cc1. The highest BCUT2D eigenvalue weighted by Crippen LogP contribution is 2.15. The van der Waals surface area contributed by atoms with Crippen molar-refractivity contribution in [1.82, 2.24) is 0 Å². The predicted molar refractivity (Wildman–Crippen MR) is 84.3 cm³/mol. The maximum Gasteiger partial charge on any atom is 0.162 e. The molecule has 0 atom stereocenters. The molecule has 2 rings (SSSR count). The van der Waals surface area contributed by atoms with Gasteiger partial charge < -0.3 is 4.90 Å². The summed E-state index contributed by atoms with van der Waals surface area (Å²) >= 11 is 0. The van der Waals surface area contributed by atoms with Gasteiger partial charge in [0.1, 0.15) is 5.82 Å². The Hall–Kier alpha value is -2.16. The highest BCUT2D eigenvalue weighted by Gasteiger charge is 2.08. The molecule has 0 heterocycles. The molecule has 2 nitrogen and oxygen atoms in total. The smallest absolute Gasteiger partial charge is 0.162 e. The summed E-state index contributed by atoms with van der Waals surface area (Å²) in [6, 6.07) is 15.8. The standard InChI is InChI=1S/C18H20FNO/c1-2-20(17-12-10-16(19)11-13-17)14-6-9-18(21)15-7-4-3-5-8-15/h3-5,7-8,10-13H,2,6,9,14H2,1H3. The van der Waals surface area contributed by atoms with Crippen LogP contribution in [0.15, 0.2) is 54.6 Å². The maximum absolute atomic E-state index is 12.9. The van der Waals surface area contributed by atoms with Gasteiger partial charge in [0.2, 0.25) is 0 Å². The van der Waals surface area contributed by atoms with Gasteiger partial charge >= 0.3 is 0 Å². The first-order valence-corrected chi connectivity index (χ1v) is 7.29. The topological polar surface area (TPSA) is 20.3 Å². The van der Waals surface area contributed by atoms with Gasteiger partial charge in [0, 0.05) is 30.8 Å². The number of anilines is 1. The predicted octanol–water partition coefficient (Wildman–Crippen LogP) is 4.32. The molecule has 0 aromatic heterocycles. The molecule has 0 unspecified atom stereocenters. The normalized spacial score (nSPS) is 10.4. The van der Waals surface area contributed by atoms with Crippen LogP contribution in [0.1, 0.15) is 30.1 Å². The second kappa shape index (κ2) is 7.58. The molecule has 3 heteroatoms. The Labute approximate surface area is 125 Å². The minimum Gasteiger partial charge on any atom is -0.372 e. The van der Waals surface area contributed by atoms with Crippen LogP contribution in [0.4, 0.5) is 10.1 Å². The lowest BCUT2D eigenvalue weighted by Crippen LogP contribution is -2.24. The van der Waals surface area contributed by atoms with Crippen LogP contribution >= 0.6 is 0 Å². The first-order valence-electron chi connectivity index (χ1n) is 7.29. The number of ketones is 1. The van der Waals surface area contributed by atoms with Gasteiger partial charge in [-0.3, -0.25) is 4.79 Å². The summed E-state index contributed by atoms with van der Waals surface area (Å²) in [6.07, 6.45) is 1.32. The fraction of sp³-hybridized carbons (Fsp3) is 0.278. The number of carbonyl (C=O) groups excluding carboxylic acids is 1. The second-order valence-corrected chi connectivity index (χ2v) is 4.95. The Balaban J connectivity index is 1.86. The lowest BCUT2D eigenvalue weighted by atomic mass is 10.1. The Bertz CT molecular complexity index is 566. The highest BCUT2D eigenvalue weighted by molar-refractivity contribution is 5.95. The summed E-state index contributed by atoms with van der Waals surface area (Å²) in [7, 11) is 0. The molecule has 0 aliphatic heterocycles. The van der Waals surface area contributed by atoms with Crippen molar-refractivity contribution >= 4 is 11.5 Å². The van der Waals surface area contributed by atoms with Gasteiger partial charge in [-0.15, -0.1) is 0 Å². The summed E-state index contributed by atoms with van der Waals surface area (Å²) in [6.45, 7) is 3.69. The van der Waals surface area contributed by atoms with Gasteiger partial charge in [-0.05, 0) is 37.6 Å². The molecule has 0 aliphatic rings. The van der Waals surface area contributed by atoms with Crippen molar-refractivity contribution in [2.24, 2.45) is 0 Å². The lowest BCUT2D eigenvalue weighted by Gasteiger charge is -2.22. The molecule has 0 bridgehead atoms. The van der Waals surface area contributed by atoms with Crippen LogP contribution in [0, 0.1) is 5.82 Å². The first-order chi connectivity index (χ1) is 10.2. The summed E-state index contributed by atoms with van der Waals surface area (Å²) in [5, 5.41) is 0. The van der Waals surface area contributed by atoms with E-state index in [2.05, 4.69) is 11.8 Å². The van der Waals surface area contributed by atoms with E-state index < -0.39 is 0 Å². The number of Topliss-reactive ketones (excluding diaryl/α,β-unsaturated/α-hetero) is 1. The van der Waals surface area contributed by atoms with Crippen LogP contribution in [0.25, 0.3) is 0 Å². The molecule has 0 spiro atoms.